The fourth-order valence-electron chi connectivity index (χ4n) is 1.41. The third kappa shape index (κ3) is 3.04. The van der Waals surface area contributed by atoms with Crippen molar-refractivity contribution in [2.45, 2.75) is 45.6 Å². The van der Waals surface area contributed by atoms with Crippen LogP contribution in [0.1, 0.15) is 54.0 Å². The molecule has 1 aromatic heterocycles. The van der Waals surface area contributed by atoms with Crippen LogP contribution < -0.4 is 5.73 Å². The molecule has 0 amide bonds. The average Bonchev–Trinajstić information content (AvgIpc) is 2.73. The van der Waals surface area contributed by atoms with Crippen LogP contribution in [-0.2, 0) is 16.7 Å². The summed E-state index contributed by atoms with van der Waals surface area (Å²) in [6, 6.07) is 0. The average molecular weight is 256 g/mol. The predicted octanol–water partition coefficient (Wildman–Crippen LogP) is 2.47. The fourth-order valence-corrected chi connectivity index (χ4v) is 2.56. The summed E-state index contributed by atoms with van der Waals surface area (Å²) >= 11 is 1.35. The van der Waals surface area contributed by atoms with Gasteiger partial charge in [0.2, 0.25) is 0 Å². The van der Waals surface area contributed by atoms with Gasteiger partial charge >= 0.3 is 5.97 Å². The van der Waals surface area contributed by atoms with Gasteiger partial charge < -0.3 is 10.5 Å². The van der Waals surface area contributed by atoms with Gasteiger partial charge in [-0.25, -0.2) is 9.78 Å². The topological polar surface area (TPSA) is 65.2 Å². The minimum Gasteiger partial charge on any atom is -0.465 e. The molecule has 0 aliphatic carbocycles. The number of rotatable bonds is 5. The van der Waals surface area contributed by atoms with Crippen LogP contribution in [0, 0.1) is 0 Å². The SMILES string of the molecule is CCCc1nc(C(C)(N)CC)sc1C(=O)OC. The van der Waals surface area contributed by atoms with Crippen molar-refractivity contribution < 1.29 is 9.53 Å². The van der Waals surface area contributed by atoms with Crippen molar-refractivity contribution in [3.63, 3.8) is 0 Å². The normalized spacial score (nSPS) is 14.4. The first-order chi connectivity index (χ1) is 7.96. The van der Waals surface area contributed by atoms with Crippen LogP contribution in [0.15, 0.2) is 0 Å². The van der Waals surface area contributed by atoms with E-state index in [1.165, 1.54) is 18.4 Å². The summed E-state index contributed by atoms with van der Waals surface area (Å²) in [5.41, 5.74) is 6.49. The highest BCUT2D eigenvalue weighted by molar-refractivity contribution is 7.13. The molecule has 0 aromatic carbocycles. The standard InChI is InChI=1S/C12H20N2O2S/c1-5-7-8-9(10(15)16-4)17-11(14-8)12(3,13)6-2/h5-7,13H2,1-4H3. The van der Waals surface area contributed by atoms with Crippen LogP contribution in [0.3, 0.4) is 0 Å². The van der Waals surface area contributed by atoms with Crippen LogP contribution >= 0.6 is 11.3 Å². The third-order valence-corrected chi connectivity index (χ3v) is 4.14. The van der Waals surface area contributed by atoms with Crippen molar-refractivity contribution in [3.8, 4) is 0 Å². The first-order valence-corrected chi connectivity index (χ1v) is 6.65. The molecule has 1 unspecified atom stereocenters. The quantitative estimate of drug-likeness (QED) is 0.822. The molecule has 0 fully saturated rings. The Morgan fingerprint density at radius 1 is 1.53 bits per heavy atom. The third-order valence-electron chi connectivity index (χ3n) is 2.78. The Balaban J connectivity index is 3.16. The molecule has 4 nitrogen and oxygen atoms in total. The summed E-state index contributed by atoms with van der Waals surface area (Å²) in [5, 5.41) is 0.809. The highest BCUT2D eigenvalue weighted by Gasteiger charge is 2.27. The molecule has 0 saturated heterocycles. The van der Waals surface area contributed by atoms with Crippen LogP contribution in [0.25, 0.3) is 0 Å². The van der Waals surface area contributed by atoms with Gasteiger partial charge in [0, 0.05) is 0 Å². The Labute approximate surface area is 106 Å². The van der Waals surface area contributed by atoms with Gasteiger partial charge in [0.25, 0.3) is 0 Å². The molecule has 1 rings (SSSR count). The van der Waals surface area contributed by atoms with Gasteiger partial charge in [0.15, 0.2) is 0 Å². The van der Waals surface area contributed by atoms with Gasteiger partial charge in [-0.3, -0.25) is 0 Å². The summed E-state index contributed by atoms with van der Waals surface area (Å²) in [4.78, 5) is 16.7. The zero-order valence-electron chi connectivity index (χ0n) is 10.9. The number of carbonyl (C=O) groups is 1. The molecule has 17 heavy (non-hydrogen) atoms. The summed E-state index contributed by atoms with van der Waals surface area (Å²) in [7, 11) is 1.39. The molecule has 0 spiro atoms. The van der Waals surface area contributed by atoms with Crippen molar-refractivity contribution in [2.24, 2.45) is 5.73 Å². The summed E-state index contributed by atoms with van der Waals surface area (Å²) in [5.74, 6) is -0.316. The lowest BCUT2D eigenvalue weighted by molar-refractivity contribution is 0.0605. The van der Waals surface area contributed by atoms with E-state index in [1.807, 2.05) is 13.8 Å². The Bertz CT molecular complexity index is 399. The van der Waals surface area contributed by atoms with Gasteiger partial charge in [0.1, 0.15) is 9.88 Å². The van der Waals surface area contributed by atoms with Gasteiger partial charge in [-0.1, -0.05) is 20.3 Å². The Kier molecular flexibility index (Phi) is 4.65. The van der Waals surface area contributed by atoms with E-state index in [2.05, 4.69) is 11.9 Å². The van der Waals surface area contributed by atoms with E-state index < -0.39 is 5.54 Å². The molecule has 5 heteroatoms. The molecule has 1 atom stereocenters. The first kappa shape index (κ1) is 14.1. The van der Waals surface area contributed by atoms with Crippen molar-refractivity contribution in [1.82, 2.24) is 4.98 Å². The fraction of sp³-hybridized carbons (Fsp3) is 0.667. The van der Waals surface area contributed by atoms with Crippen LogP contribution in [-0.4, -0.2) is 18.1 Å². The van der Waals surface area contributed by atoms with Gasteiger partial charge in [-0.15, -0.1) is 11.3 Å². The number of nitrogens with two attached hydrogens (primary N) is 1. The first-order valence-electron chi connectivity index (χ1n) is 5.83. The second-order valence-electron chi connectivity index (χ2n) is 4.31. The van der Waals surface area contributed by atoms with E-state index >= 15 is 0 Å². The molecule has 0 aliphatic rings. The summed E-state index contributed by atoms with van der Waals surface area (Å²) in [6.45, 7) is 6.00. The molecule has 0 radical (unpaired) electrons. The zero-order chi connectivity index (χ0) is 13.1. The largest absolute Gasteiger partial charge is 0.465 e. The number of hydrogen-bond acceptors (Lipinski definition) is 5. The second-order valence-corrected chi connectivity index (χ2v) is 5.31. The van der Waals surface area contributed by atoms with E-state index in [0.29, 0.717) is 4.88 Å². The molecular weight excluding hydrogens is 236 g/mol. The van der Waals surface area contributed by atoms with Gasteiger partial charge in [0.05, 0.1) is 18.3 Å². The lowest BCUT2D eigenvalue weighted by atomic mass is 10.0. The van der Waals surface area contributed by atoms with Crippen LogP contribution in [0.4, 0.5) is 0 Å². The highest BCUT2D eigenvalue weighted by Crippen LogP contribution is 2.29. The number of thiazole rings is 1. The Morgan fingerprint density at radius 3 is 2.65 bits per heavy atom. The van der Waals surface area contributed by atoms with Gasteiger partial charge in [-0.05, 0) is 19.8 Å². The molecule has 1 aromatic rings. The number of ether oxygens (including phenoxy) is 1. The lowest BCUT2D eigenvalue weighted by Gasteiger charge is -2.18. The maximum Gasteiger partial charge on any atom is 0.349 e. The van der Waals surface area contributed by atoms with E-state index in [4.69, 9.17) is 10.5 Å². The van der Waals surface area contributed by atoms with Crippen molar-refractivity contribution in [2.75, 3.05) is 7.11 Å². The number of hydrogen-bond donors (Lipinski definition) is 1. The van der Waals surface area contributed by atoms with E-state index in [-0.39, 0.29) is 5.97 Å². The van der Waals surface area contributed by atoms with Crippen LogP contribution in [0.2, 0.25) is 0 Å². The minimum atomic E-state index is -0.473. The number of carbonyl (C=O) groups excluding carboxylic acids is 1. The Hall–Kier alpha value is -0.940. The maximum atomic E-state index is 11.6. The lowest BCUT2D eigenvalue weighted by Crippen LogP contribution is -2.31. The molecule has 0 saturated carbocycles. The maximum absolute atomic E-state index is 11.6. The Morgan fingerprint density at radius 2 is 2.18 bits per heavy atom. The molecule has 96 valence electrons. The summed E-state index contributed by atoms with van der Waals surface area (Å²) in [6.07, 6.45) is 2.51. The smallest absolute Gasteiger partial charge is 0.349 e. The van der Waals surface area contributed by atoms with Crippen molar-refractivity contribution >= 4 is 17.3 Å². The molecule has 0 aliphatic heterocycles. The zero-order valence-corrected chi connectivity index (χ0v) is 11.7. The van der Waals surface area contributed by atoms with Crippen molar-refractivity contribution in [3.05, 3.63) is 15.6 Å². The molecular formula is C12H20N2O2S. The number of esters is 1. The van der Waals surface area contributed by atoms with Crippen LogP contribution in [0.5, 0.6) is 0 Å². The van der Waals surface area contributed by atoms with Crippen molar-refractivity contribution in [1.29, 1.82) is 0 Å². The number of aryl methyl sites for hydroxylation is 1. The highest BCUT2D eigenvalue weighted by atomic mass is 32.1. The molecule has 1 heterocycles. The van der Waals surface area contributed by atoms with E-state index in [0.717, 1.165) is 30.0 Å². The predicted molar refractivity (Wildman–Crippen MR) is 69.3 cm³/mol. The van der Waals surface area contributed by atoms with Gasteiger partial charge in [-0.2, -0.15) is 0 Å². The van der Waals surface area contributed by atoms with E-state index in [1.54, 1.807) is 0 Å². The minimum absolute atomic E-state index is 0.316. The second kappa shape index (κ2) is 5.60. The molecule has 2 N–H and O–H groups in total. The number of aromatic nitrogens is 1. The van der Waals surface area contributed by atoms with E-state index in [9.17, 15) is 4.79 Å². The number of nitrogens with zero attached hydrogens (tertiary/aromatic N) is 1. The summed E-state index contributed by atoms with van der Waals surface area (Å²) < 4.78 is 4.77. The number of methoxy groups -OCH3 is 1. The monoisotopic (exact) mass is 256 g/mol. The molecule has 0 bridgehead atoms.